The van der Waals surface area contributed by atoms with E-state index in [1.54, 1.807) is 0 Å². The largest absolute Gasteiger partial charge is 0.312 e. The third-order valence-electron chi connectivity index (χ3n) is 3.60. The van der Waals surface area contributed by atoms with Gasteiger partial charge in [-0.3, -0.25) is 4.21 Å². The Morgan fingerprint density at radius 3 is 2.60 bits per heavy atom. The van der Waals surface area contributed by atoms with Crippen molar-refractivity contribution in [3.05, 3.63) is 48.0 Å². The second kappa shape index (κ2) is 7.55. The van der Waals surface area contributed by atoms with Gasteiger partial charge < -0.3 is 5.32 Å². The molecule has 0 heterocycles. The smallest absolute Gasteiger partial charge is 0.0434 e. The van der Waals surface area contributed by atoms with Crippen molar-refractivity contribution in [1.29, 1.82) is 0 Å². The van der Waals surface area contributed by atoms with E-state index in [-0.39, 0.29) is 6.04 Å². The summed E-state index contributed by atoms with van der Waals surface area (Å²) in [4.78, 5) is 0. The predicted octanol–water partition coefficient (Wildman–Crippen LogP) is 3.65. The lowest BCUT2D eigenvalue weighted by atomic mass is 10.0. The zero-order valence-electron chi connectivity index (χ0n) is 12.3. The van der Waals surface area contributed by atoms with E-state index in [0.29, 0.717) is 5.75 Å². The highest BCUT2D eigenvalue weighted by Gasteiger charge is 2.13. The monoisotopic (exact) mass is 289 g/mol. The van der Waals surface area contributed by atoms with Gasteiger partial charge in [0.05, 0.1) is 0 Å². The van der Waals surface area contributed by atoms with Gasteiger partial charge in [0.1, 0.15) is 0 Å². The van der Waals surface area contributed by atoms with Crippen LogP contribution >= 0.6 is 0 Å². The zero-order valence-corrected chi connectivity index (χ0v) is 13.1. The minimum Gasteiger partial charge on any atom is -0.312 e. The van der Waals surface area contributed by atoms with E-state index in [1.165, 1.54) is 16.3 Å². The number of unbranched alkanes of at least 4 members (excludes halogenated alkanes) is 1. The molecular weight excluding hydrogens is 266 g/mol. The van der Waals surface area contributed by atoms with Gasteiger partial charge in [-0.1, -0.05) is 49.7 Å². The van der Waals surface area contributed by atoms with Gasteiger partial charge in [-0.15, -0.1) is 0 Å². The maximum atomic E-state index is 12.1. The summed E-state index contributed by atoms with van der Waals surface area (Å²) in [6, 6.07) is 15.0. The lowest BCUT2D eigenvalue weighted by molar-refractivity contribution is 0.634. The highest BCUT2D eigenvalue weighted by Crippen LogP contribution is 2.21. The first-order valence-corrected chi connectivity index (χ1v) is 8.74. The van der Waals surface area contributed by atoms with Crippen LogP contribution < -0.4 is 5.32 Å². The van der Waals surface area contributed by atoms with Crippen LogP contribution in [0.2, 0.25) is 0 Å². The first-order valence-electron chi connectivity index (χ1n) is 7.25. The lowest BCUT2D eigenvalue weighted by Gasteiger charge is -2.17. The van der Waals surface area contributed by atoms with Crippen LogP contribution in [0.15, 0.2) is 42.5 Å². The van der Waals surface area contributed by atoms with Crippen molar-refractivity contribution in [3.8, 4) is 0 Å². The number of hydrogen-bond acceptors (Lipinski definition) is 2. The standard InChI is InChI=1S/C17H23NOS/c1-3-4-11-20(19)13-17(18-2)16-10-9-14-7-5-6-8-15(14)12-16/h5-10,12,17-18H,3-4,11,13H2,1-2H3. The second-order valence-corrected chi connectivity index (χ2v) is 6.73. The van der Waals surface area contributed by atoms with Crippen LogP contribution in [0.5, 0.6) is 0 Å². The van der Waals surface area contributed by atoms with Gasteiger partial charge in [0, 0.05) is 28.3 Å². The van der Waals surface area contributed by atoms with Crippen LogP contribution in [0.25, 0.3) is 10.8 Å². The minimum atomic E-state index is -0.747. The van der Waals surface area contributed by atoms with Gasteiger partial charge in [-0.25, -0.2) is 0 Å². The predicted molar refractivity (Wildman–Crippen MR) is 88.5 cm³/mol. The Morgan fingerprint density at radius 1 is 1.15 bits per heavy atom. The summed E-state index contributed by atoms with van der Waals surface area (Å²) >= 11 is 0. The maximum absolute atomic E-state index is 12.1. The Balaban J connectivity index is 2.14. The van der Waals surface area contributed by atoms with E-state index in [2.05, 4.69) is 54.7 Å². The topological polar surface area (TPSA) is 29.1 Å². The first-order chi connectivity index (χ1) is 9.74. The van der Waals surface area contributed by atoms with Crippen LogP contribution in [0.4, 0.5) is 0 Å². The lowest BCUT2D eigenvalue weighted by Crippen LogP contribution is -2.23. The fourth-order valence-electron chi connectivity index (χ4n) is 2.35. The van der Waals surface area contributed by atoms with Crippen molar-refractivity contribution in [2.75, 3.05) is 18.6 Å². The van der Waals surface area contributed by atoms with Crippen LogP contribution in [-0.2, 0) is 10.8 Å². The maximum Gasteiger partial charge on any atom is 0.0434 e. The normalized spacial score (nSPS) is 14.3. The number of benzene rings is 2. The molecule has 0 saturated carbocycles. The first kappa shape index (κ1) is 15.2. The Bertz CT molecular complexity index is 582. The third-order valence-corrected chi connectivity index (χ3v) is 5.05. The molecule has 2 aromatic rings. The molecule has 0 amide bonds. The molecule has 3 heteroatoms. The molecule has 0 spiro atoms. The van der Waals surface area contributed by atoms with Crippen LogP contribution in [0, 0.1) is 0 Å². The van der Waals surface area contributed by atoms with E-state index in [9.17, 15) is 4.21 Å². The summed E-state index contributed by atoms with van der Waals surface area (Å²) < 4.78 is 12.1. The van der Waals surface area contributed by atoms with Gasteiger partial charge in [-0.2, -0.15) is 0 Å². The van der Waals surface area contributed by atoms with Gasteiger partial charge in [0.2, 0.25) is 0 Å². The van der Waals surface area contributed by atoms with Crippen molar-refractivity contribution in [1.82, 2.24) is 5.32 Å². The molecular formula is C17H23NOS. The fourth-order valence-corrected chi connectivity index (χ4v) is 3.85. The zero-order chi connectivity index (χ0) is 14.4. The van der Waals surface area contributed by atoms with E-state index in [1.807, 2.05) is 7.05 Å². The number of hydrogen-bond donors (Lipinski definition) is 1. The van der Waals surface area contributed by atoms with E-state index in [0.717, 1.165) is 18.6 Å². The van der Waals surface area contributed by atoms with E-state index in [4.69, 9.17) is 0 Å². The van der Waals surface area contributed by atoms with Crippen LogP contribution in [0.1, 0.15) is 31.4 Å². The molecule has 20 heavy (non-hydrogen) atoms. The van der Waals surface area contributed by atoms with E-state index >= 15 is 0 Å². The van der Waals surface area contributed by atoms with Crippen molar-refractivity contribution < 1.29 is 4.21 Å². The summed E-state index contributed by atoms with van der Waals surface area (Å²) in [6.45, 7) is 2.14. The second-order valence-electron chi connectivity index (χ2n) is 5.11. The molecule has 2 nitrogen and oxygen atoms in total. The molecule has 108 valence electrons. The molecule has 0 aromatic heterocycles. The Labute approximate surface area is 124 Å². The molecule has 0 aliphatic heterocycles. The Morgan fingerprint density at radius 2 is 1.90 bits per heavy atom. The Kier molecular flexibility index (Phi) is 5.74. The third kappa shape index (κ3) is 3.90. The molecule has 2 unspecified atom stereocenters. The van der Waals surface area contributed by atoms with E-state index < -0.39 is 10.8 Å². The van der Waals surface area contributed by atoms with Crippen LogP contribution in [-0.4, -0.2) is 22.8 Å². The molecule has 2 atom stereocenters. The summed E-state index contributed by atoms with van der Waals surface area (Å²) in [6.07, 6.45) is 2.15. The number of nitrogens with one attached hydrogen (secondary N) is 1. The van der Waals surface area contributed by atoms with Crippen molar-refractivity contribution in [2.24, 2.45) is 0 Å². The van der Waals surface area contributed by atoms with Gasteiger partial charge >= 0.3 is 0 Å². The highest BCUT2D eigenvalue weighted by molar-refractivity contribution is 7.85. The molecule has 1 N–H and O–H groups in total. The summed E-state index contributed by atoms with van der Waals surface area (Å²) in [5.74, 6) is 1.50. The van der Waals surface area contributed by atoms with Gasteiger partial charge in [0.15, 0.2) is 0 Å². The van der Waals surface area contributed by atoms with Crippen LogP contribution in [0.3, 0.4) is 0 Å². The average Bonchev–Trinajstić information content (AvgIpc) is 2.50. The average molecular weight is 289 g/mol. The molecule has 0 saturated heterocycles. The summed E-state index contributed by atoms with van der Waals surface area (Å²) in [5, 5.41) is 5.79. The molecule has 0 aliphatic rings. The number of fused-ring (bicyclic) bond motifs is 1. The van der Waals surface area contributed by atoms with Crippen molar-refractivity contribution in [3.63, 3.8) is 0 Å². The minimum absolute atomic E-state index is 0.164. The molecule has 2 aromatic carbocycles. The Hall–Kier alpha value is -1.19. The molecule has 2 rings (SSSR count). The summed E-state index contributed by atoms with van der Waals surface area (Å²) in [5.41, 5.74) is 1.22. The molecule has 0 bridgehead atoms. The van der Waals surface area contributed by atoms with Gasteiger partial charge in [-0.05, 0) is 35.9 Å². The molecule has 0 radical (unpaired) electrons. The SMILES string of the molecule is CCCCS(=O)CC(NC)c1ccc2ccccc2c1. The van der Waals surface area contributed by atoms with Crippen molar-refractivity contribution >= 4 is 21.6 Å². The number of rotatable bonds is 7. The molecule has 0 fully saturated rings. The fraction of sp³-hybridized carbons (Fsp3) is 0.412. The quantitative estimate of drug-likeness (QED) is 0.843. The van der Waals surface area contributed by atoms with Gasteiger partial charge in [0.25, 0.3) is 0 Å². The highest BCUT2D eigenvalue weighted by atomic mass is 32.2. The van der Waals surface area contributed by atoms with Crippen molar-refractivity contribution in [2.45, 2.75) is 25.8 Å². The summed E-state index contributed by atoms with van der Waals surface area (Å²) in [7, 11) is 1.19. The molecule has 0 aliphatic carbocycles.